The van der Waals surface area contributed by atoms with Gasteiger partial charge in [0.05, 0.1) is 16.9 Å². The fourth-order valence-electron chi connectivity index (χ4n) is 2.80. The standard InChI is InChI=1S/C23H17FN2O2/c1-16-7-9-18(10-8-16)23(27)28-22-15-21(17-5-3-2-4-6-17)25-26(22)20-13-11-19(24)12-14-20/h2-15H,1H3. The van der Waals surface area contributed by atoms with Crippen molar-refractivity contribution in [3.05, 3.63) is 102 Å². The summed E-state index contributed by atoms with van der Waals surface area (Å²) < 4.78 is 20.4. The maximum Gasteiger partial charge on any atom is 0.344 e. The quantitative estimate of drug-likeness (QED) is 0.462. The van der Waals surface area contributed by atoms with Gasteiger partial charge in [-0.05, 0) is 43.3 Å². The summed E-state index contributed by atoms with van der Waals surface area (Å²) in [5, 5.41) is 4.56. The number of aromatic nitrogens is 2. The molecule has 5 heteroatoms. The van der Waals surface area contributed by atoms with Crippen LogP contribution in [0.2, 0.25) is 0 Å². The second-order valence-electron chi connectivity index (χ2n) is 6.38. The van der Waals surface area contributed by atoms with Crippen LogP contribution in [0.15, 0.2) is 84.9 Å². The van der Waals surface area contributed by atoms with Gasteiger partial charge in [-0.25, -0.2) is 13.9 Å². The number of halogens is 1. The minimum Gasteiger partial charge on any atom is -0.404 e. The van der Waals surface area contributed by atoms with E-state index in [1.807, 2.05) is 49.4 Å². The van der Waals surface area contributed by atoms with E-state index in [9.17, 15) is 9.18 Å². The zero-order valence-corrected chi connectivity index (χ0v) is 15.2. The van der Waals surface area contributed by atoms with Crippen molar-refractivity contribution in [3.8, 4) is 22.8 Å². The van der Waals surface area contributed by atoms with Crippen LogP contribution < -0.4 is 4.74 Å². The van der Waals surface area contributed by atoms with Crippen LogP contribution in [-0.2, 0) is 0 Å². The Morgan fingerprint density at radius 2 is 1.61 bits per heavy atom. The van der Waals surface area contributed by atoms with Crippen LogP contribution in [0.1, 0.15) is 15.9 Å². The van der Waals surface area contributed by atoms with E-state index >= 15 is 0 Å². The molecule has 0 unspecified atom stereocenters. The molecule has 0 atom stereocenters. The molecule has 28 heavy (non-hydrogen) atoms. The lowest BCUT2D eigenvalue weighted by atomic mass is 10.1. The molecular weight excluding hydrogens is 355 g/mol. The molecule has 3 aromatic carbocycles. The van der Waals surface area contributed by atoms with Gasteiger partial charge in [0.15, 0.2) is 0 Å². The van der Waals surface area contributed by atoms with Gasteiger partial charge in [-0.1, -0.05) is 48.0 Å². The fourth-order valence-corrected chi connectivity index (χ4v) is 2.80. The van der Waals surface area contributed by atoms with Crippen molar-refractivity contribution in [2.24, 2.45) is 0 Å². The Morgan fingerprint density at radius 1 is 0.929 bits per heavy atom. The number of carbonyl (C=O) groups excluding carboxylic acids is 1. The average molecular weight is 372 g/mol. The molecule has 0 bridgehead atoms. The van der Waals surface area contributed by atoms with E-state index in [0.717, 1.165) is 11.1 Å². The highest BCUT2D eigenvalue weighted by Crippen LogP contribution is 2.27. The Balaban J connectivity index is 1.73. The first-order valence-corrected chi connectivity index (χ1v) is 8.80. The van der Waals surface area contributed by atoms with Crippen LogP contribution in [-0.4, -0.2) is 15.7 Å². The topological polar surface area (TPSA) is 44.1 Å². The van der Waals surface area contributed by atoms with Gasteiger partial charge in [-0.3, -0.25) is 0 Å². The SMILES string of the molecule is Cc1ccc(C(=O)Oc2cc(-c3ccccc3)nn2-c2ccc(F)cc2)cc1. The normalized spacial score (nSPS) is 10.6. The summed E-state index contributed by atoms with van der Waals surface area (Å²) in [5.74, 6) is -0.573. The molecule has 0 N–H and O–H groups in total. The van der Waals surface area contributed by atoms with E-state index < -0.39 is 5.97 Å². The van der Waals surface area contributed by atoms with E-state index in [2.05, 4.69) is 5.10 Å². The van der Waals surface area contributed by atoms with Gasteiger partial charge in [0.1, 0.15) is 5.82 Å². The first kappa shape index (κ1) is 17.7. The zero-order chi connectivity index (χ0) is 19.5. The molecule has 1 aromatic heterocycles. The number of aryl methyl sites for hydroxylation is 1. The predicted octanol–water partition coefficient (Wildman–Crippen LogP) is 5.21. The van der Waals surface area contributed by atoms with Gasteiger partial charge >= 0.3 is 5.97 Å². The molecule has 0 aliphatic rings. The van der Waals surface area contributed by atoms with Gasteiger partial charge in [-0.2, -0.15) is 5.10 Å². The van der Waals surface area contributed by atoms with Crippen molar-refractivity contribution in [2.75, 3.05) is 0 Å². The molecular formula is C23H17FN2O2. The third-order valence-corrected chi connectivity index (χ3v) is 4.30. The van der Waals surface area contributed by atoms with E-state index in [-0.39, 0.29) is 11.7 Å². The highest BCUT2D eigenvalue weighted by Gasteiger charge is 2.17. The molecule has 4 aromatic rings. The molecule has 138 valence electrons. The lowest BCUT2D eigenvalue weighted by Crippen LogP contribution is -2.11. The smallest absolute Gasteiger partial charge is 0.344 e. The van der Waals surface area contributed by atoms with Crippen molar-refractivity contribution < 1.29 is 13.9 Å². The molecule has 4 rings (SSSR count). The minimum atomic E-state index is -0.483. The Kier molecular flexibility index (Phi) is 4.72. The fraction of sp³-hybridized carbons (Fsp3) is 0.0435. The molecule has 0 fully saturated rings. The van der Waals surface area contributed by atoms with E-state index in [4.69, 9.17) is 4.74 Å². The Hall–Kier alpha value is -3.73. The molecule has 0 radical (unpaired) electrons. The number of carbonyl (C=O) groups is 1. The van der Waals surface area contributed by atoms with Crippen LogP contribution in [0.3, 0.4) is 0 Å². The molecule has 0 aliphatic carbocycles. The summed E-state index contributed by atoms with van der Waals surface area (Å²) in [7, 11) is 0. The van der Waals surface area contributed by atoms with Crippen molar-refractivity contribution in [3.63, 3.8) is 0 Å². The Morgan fingerprint density at radius 3 is 2.29 bits per heavy atom. The lowest BCUT2D eigenvalue weighted by Gasteiger charge is -2.08. The molecule has 0 spiro atoms. The average Bonchev–Trinajstić information content (AvgIpc) is 3.13. The molecule has 0 amide bonds. The van der Waals surface area contributed by atoms with Gasteiger partial charge < -0.3 is 4.74 Å². The van der Waals surface area contributed by atoms with Crippen LogP contribution in [0, 0.1) is 12.7 Å². The van der Waals surface area contributed by atoms with Crippen LogP contribution in [0.25, 0.3) is 16.9 Å². The summed E-state index contributed by atoms with van der Waals surface area (Å²) in [6.45, 7) is 1.95. The summed E-state index contributed by atoms with van der Waals surface area (Å²) in [6.07, 6.45) is 0. The second kappa shape index (κ2) is 7.48. The van der Waals surface area contributed by atoms with Crippen LogP contribution in [0.5, 0.6) is 5.88 Å². The molecule has 0 saturated heterocycles. The number of ether oxygens (including phenoxy) is 1. The summed E-state index contributed by atoms with van der Waals surface area (Å²) in [4.78, 5) is 12.6. The largest absolute Gasteiger partial charge is 0.404 e. The zero-order valence-electron chi connectivity index (χ0n) is 15.2. The minimum absolute atomic E-state index is 0.260. The van der Waals surface area contributed by atoms with Gasteiger partial charge in [0, 0.05) is 11.6 Å². The molecule has 1 heterocycles. The monoisotopic (exact) mass is 372 g/mol. The first-order chi connectivity index (χ1) is 13.6. The van der Waals surface area contributed by atoms with Gasteiger partial charge in [-0.15, -0.1) is 0 Å². The number of esters is 1. The lowest BCUT2D eigenvalue weighted by molar-refractivity contribution is 0.0723. The first-order valence-electron chi connectivity index (χ1n) is 8.80. The van der Waals surface area contributed by atoms with Crippen LogP contribution >= 0.6 is 0 Å². The van der Waals surface area contributed by atoms with Gasteiger partial charge in [0.2, 0.25) is 5.88 Å². The Labute approximate surface area is 161 Å². The van der Waals surface area contributed by atoms with Crippen molar-refractivity contribution >= 4 is 5.97 Å². The number of benzene rings is 3. The van der Waals surface area contributed by atoms with Gasteiger partial charge in [0.25, 0.3) is 0 Å². The van der Waals surface area contributed by atoms with Crippen LogP contribution in [0.4, 0.5) is 4.39 Å². The number of rotatable bonds is 4. The highest BCUT2D eigenvalue weighted by atomic mass is 19.1. The Bertz CT molecular complexity index is 1100. The van der Waals surface area contributed by atoms with E-state index in [1.54, 1.807) is 30.3 Å². The third-order valence-electron chi connectivity index (χ3n) is 4.30. The molecule has 0 saturated carbocycles. The summed E-state index contributed by atoms with van der Waals surface area (Å²) >= 11 is 0. The number of hydrogen-bond donors (Lipinski definition) is 0. The van der Waals surface area contributed by atoms with Crippen molar-refractivity contribution in [1.82, 2.24) is 9.78 Å². The molecule has 4 nitrogen and oxygen atoms in total. The predicted molar refractivity (Wildman–Crippen MR) is 105 cm³/mol. The summed E-state index contributed by atoms with van der Waals surface area (Å²) in [5.41, 5.74) is 3.63. The maximum atomic E-state index is 13.3. The second-order valence-corrected chi connectivity index (χ2v) is 6.38. The van der Waals surface area contributed by atoms with Crippen molar-refractivity contribution in [1.29, 1.82) is 0 Å². The van der Waals surface area contributed by atoms with Crippen molar-refractivity contribution in [2.45, 2.75) is 6.92 Å². The molecule has 0 aliphatic heterocycles. The summed E-state index contributed by atoms with van der Waals surface area (Å²) in [6, 6.07) is 24.2. The third kappa shape index (κ3) is 3.69. The number of nitrogens with zero attached hydrogens (tertiary/aromatic N) is 2. The van der Waals surface area contributed by atoms with E-state index in [1.165, 1.54) is 16.8 Å². The highest BCUT2D eigenvalue weighted by molar-refractivity contribution is 5.91. The van der Waals surface area contributed by atoms with E-state index in [0.29, 0.717) is 16.9 Å². The number of hydrogen-bond acceptors (Lipinski definition) is 3. The maximum absolute atomic E-state index is 13.3.